The molecule has 0 fully saturated rings. The van der Waals surface area contributed by atoms with Gasteiger partial charge in [0.2, 0.25) is 0 Å². The van der Waals surface area contributed by atoms with Crippen LogP contribution in [0.25, 0.3) is 21.5 Å². The molecule has 0 aliphatic carbocycles. The zero-order chi connectivity index (χ0) is 17.2. The van der Waals surface area contributed by atoms with Crippen molar-refractivity contribution in [1.29, 1.82) is 0 Å². The van der Waals surface area contributed by atoms with Gasteiger partial charge in [0.25, 0.3) is 0 Å². The molecule has 3 nitrogen and oxygen atoms in total. The molecule has 0 saturated carbocycles. The molecule has 0 atom stereocenters. The van der Waals surface area contributed by atoms with Gasteiger partial charge in [0, 0.05) is 24.2 Å². The van der Waals surface area contributed by atoms with Gasteiger partial charge in [0.05, 0.1) is 0 Å². The largest absolute Gasteiger partial charge is 0.508 e. The van der Waals surface area contributed by atoms with Crippen molar-refractivity contribution in [3.63, 3.8) is 0 Å². The monoisotopic (exact) mass is 329 g/mol. The van der Waals surface area contributed by atoms with Crippen molar-refractivity contribution in [1.82, 2.24) is 5.32 Å². The lowest BCUT2D eigenvalue weighted by Crippen LogP contribution is -2.13. The minimum Gasteiger partial charge on any atom is -0.508 e. The van der Waals surface area contributed by atoms with Crippen molar-refractivity contribution >= 4 is 21.5 Å². The summed E-state index contributed by atoms with van der Waals surface area (Å²) in [7, 11) is 0. The van der Waals surface area contributed by atoms with E-state index in [1.807, 2.05) is 60.7 Å². The average molecular weight is 329 g/mol. The van der Waals surface area contributed by atoms with Gasteiger partial charge in [-0.05, 0) is 33.7 Å². The molecule has 0 amide bonds. The van der Waals surface area contributed by atoms with E-state index >= 15 is 0 Å². The summed E-state index contributed by atoms with van der Waals surface area (Å²) in [4.78, 5) is 0. The Labute approximate surface area is 146 Å². The highest BCUT2D eigenvalue weighted by Crippen LogP contribution is 2.29. The second-order valence-electron chi connectivity index (χ2n) is 6.17. The lowest BCUT2D eigenvalue weighted by atomic mass is 10.0. The third-order valence-corrected chi connectivity index (χ3v) is 4.64. The van der Waals surface area contributed by atoms with E-state index in [4.69, 9.17) is 0 Å². The van der Waals surface area contributed by atoms with Crippen LogP contribution in [-0.4, -0.2) is 10.2 Å². The molecule has 0 aromatic heterocycles. The number of hydrogen-bond donors (Lipinski definition) is 3. The van der Waals surface area contributed by atoms with E-state index in [1.165, 1.54) is 0 Å². The molecule has 4 aromatic carbocycles. The molecule has 0 saturated heterocycles. The minimum atomic E-state index is 0.286. The summed E-state index contributed by atoms with van der Waals surface area (Å²) in [5.74, 6) is 0.571. The summed E-state index contributed by atoms with van der Waals surface area (Å²) < 4.78 is 0. The number of phenols is 2. The van der Waals surface area contributed by atoms with Gasteiger partial charge in [-0.15, -0.1) is 0 Å². The number of fused-ring (bicyclic) bond motifs is 2. The van der Waals surface area contributed by atoms with Crippen LogP contribution in [0.4, 0.5) is 0 Å². The third kappa shape index (κ3) is 2.90. The molecule has 0 bridgehead atoms. The zero-order valence-electron chi connectivity index (χ0n) is 13.7. The van der Waals surface area contributed by atoms with Crippen molar-refractivity contribution in [3.8, 4) is 11.5 Å². The predicted octanol–water partition coefficient (Wildman–Crippen LogP) is 4.69. The number of nitrogens with one attached hydrogen (secondary N) is 1. The first kappa shape index (κ1) is 15.5. The van der Waals surface area contributed by atoms with Gasteiger partial charge in [-0.2, -0.15) is 0 Å². The molecular formula is C22H19NO2. The van der Waals surface area contributed by atoms with Gasteiger partial charge in [-0.3, -0.25) is 0 Å². The molecule has 0 radical (unpaired) electrons. The van der Waals surface area contributed by atoms with Crippen molar-refractivity contribution in [3.05, 3.63) is 83.9 Å². The van der Waals surface area contributed by atoms with E-state index in [-0.39, 0.29) is 11.5 Å². The Morgan fingerprint density at radius 3 is 1.48 bits per heavy atom. The molecule has 4 aromatic rings. The Bertz CT molecular complexity index is 971. The van der Waals surface area contributed by atoms with Crippen LogP contribution >= 0.6 is 0 Å². The predicted molar refractivity (Wildman–Crippen MR) is 102 cm³/mol. The van der Waals surface area contributed by atoms with Gasteiger partial charge in [0.1, 0.15) is 11.5 Å². The standard InChI is InChI=1S/C22H19NO2/c24-21-11-9-15-5-1-3-7-17(15)19(21)13-23-14-20-18-8-4-2-6-16(18)10-12-22(20)25/h1-12,23-25H,13-14H2. The van der Waals surface area contributed by atoms with Crippen LogP contribution in [0.1, 0.15) is 11.1 Å². The van der Waals surface area contributed by atoms with Crippen molar-refractivity contribution in [2.75, 3.05) is 0 Å². The average Bonchev–Trinajstić information content (AvgIpc) is 2.65. The van der Waals surface area contributed by atoms with Crippen LogP contribution in [0.5, 0.6) is 11.5 Å². The van der Waals surface area contributed by atoms with E-state index in [2.05, 4.69) is 5.32 Å². The fraction of sp³-hybridized carbons (Fsp3) is 0.0909. The summed E-state index contributed by atoms with van der Waals surface area (Å²) in [6.45, 7) is 1.05. The van der Waals surface area contributed by atoms with Crippen molar-refractivity contribution < 1.29 is 10.2 Å². The Morgan fingerprint density at radius 1 is 0.560 bits per heavy atom. The molecule has 124 valence electrons. The molecule has 0 aliphatic rings. The van der Waals surface area contributed by atoms with Gasteiger partial charge in [-0.25, -0.2) is 0 Å². The number of hydrogen-bond acceptors (Lipinski definition) is 3. The van der Waals surface area contributed by atoms with Crippen LogP contribution < -0.4 is 5.32 Å². The summed E-state index contributed by atoms with van der Waals surface area (Å²) in [5, 5.41) is 28.1. The first-order valence-corrected chi connectivity index (χ1v) is 8.34. The van der Waals surface area contributed by atoms with E-state index in [0.29, 0.717) is 13.1 Å². The zero-order valence-corrected chi connectivity index (χ0v) is 13.7. The summed E-state index contributed by atoms with van der Waals surface area (Å²) >= 11 is 0. The molecule has 4 rings (SSSR count). The highest BCUT2D eigenvalue weighted by molar-refractivity contribution is 5.88. The normalized spacial score (nSPS) is 11.2. The number of aromatic hydroxyl groups is 2. The van der Waals surface area contributed by atoms with Crippen LogP contribution in [0.2, 0.25) is 0 Å². The lowest BCUT2D eigenvalue weighted by molar-refractivity contribution is 0.460. The fourth-order valence-corrected chi connectivity index (χ4v) is 3.33. The Morgan fingerprint density at radius 2 is 1.00 bits per heavy atom. The maximum atomic E-state index is 10.2. The van der Waals surface area contributed by atoms with E-state index in [0.717, 1.165) is 32.7 Å². The molecular weight excluding hydrogens is 310 g/mol. The molecule has 3 heteroatoms. The SMILES string of the molecule is Oc1ccc2ccccc2c1CNCc1c(O)ccc2ccccc12. The molecule has 0 aliphatic heterocycles. The van der Waals surface area contributed by atoms with Gasteiger partial charge in [0.15, 0.2) is 0 Å². The molecule has 0 unspecified atom stereocenters. The summed E-state index contributed by atoms with van der Waals surface area (Å²) in [5.41, 5.74) is 1.75. The first-order valence-electron chi connectivity index (χ1n) is 8.34. The lowest BCUT2D eigenvalue weighted by Gasteiger charge is -2.13. The smallest absolute Gasteiger partial charge is 0.120 e. The maximum absolute atomic E-state index is 10.2. The second-order valence-corrected chi connectivity index (χ2v) is 6.17. The molecule has 3 N–H and O–H groups in total. The second kappa shape index (κ2) is 6.46. The van der Waals surface area contributed by atoms with Gasteiger partial charge in [-0.1, -0.05) is 60.7 Å². The molecule has 0 heterocycles. The first-order chi connectivity index (χ1) is 12.2. The van der Waals surface area contributed by atoms with E-state index < -0.39 is 0 Å². The highest BCUT2D eigenvalue weighted by atomic mass is 16.3. The maximum Gasteiger partial charge on any atom is 0.120 e. The van der Waals surface area contributed by atoms with Gasteiger partial charge < -0.3 is 15.5 Å². The topological polar surface area (TPSA) is 52.5 Å². The summed E-state index contributed by atoms with van der Waals surface area (Å²) in [6.07, 6.45) is 0. The Hall–Kier alpha value is -3.04. The third-order valence-electron chi connectivity index (χ3n) is 4.64. The van der Waals surface area contributed by atoms with Crippen molar-refractivity contribution in [2.45, 2.75) is 13.1 Å². The van der Waals surface area contributed by atoms with Crippen LogP contribution in [0, 0.1) is 0 Å². The van der Waals surface area contributed by atoms with Crippen LogP contribution in [-0.2, 0) is 13.1 Å². The fourth-order valence-electron chi connectivity index (χ4n) is 3.33. The van der Waals surface area contributed by atoms with Crippen molar-refractivity contribution in [2.24, 2.45) is 0 Å². The van der Waals surface area contributed by atoms with Crippen LogP contribution in [0.3, 0.4) is 0 Å². The quantitative estimate of drug-likeness (QED) is 0.509. The Kier molecular flexibility index (Phi) is 4.00. The Balaban J connectivity index is 1.62. The van der Waals surface area contributed by atoms with Gasteiger partial charge >= 0.3 is 0 Å². The molecule has 25 heavy (non-hydrogen) atoms. The summed E-state index contributed by atoms with van der Waals surface area (Å²) in [6, 6.07) is 23.3. The number of phenolic OH excluding ortho intramolecular Hbond substituents is 2. The molecule has 0 spiro atoms. The number of rotatable bonds is 4. The number of benzene rings is 4. The highest BCUT2D eigenvalue weighted by Gasteiger charge is 2.09. The van der Waals surface area contributed by atoms with E-state index in [9.17, 15) is 10.2 Å². The minimum absolute atomic E-state index is 0.286. The van der Waals surface area contributed by atoms with E-state index in [1.54, 1.807) is 12.1 Å². The van der Waals surface area contributed by atoms with Crippen LogP contribution in [0.15, 0.2) is 72.8 Å².